The molecule has 0 bridgehead atoms. The van der Waals surface area contributed by atoms with Crippen LogP contribution in [0.3, 0.4) is 0 Å². The minimum absolute atomic E-state index is 0.0583. The van der Waals surface area contributed by atoms with Crippen LogP contribution in [0.1, 0.15) is 16.7 Å². The average molecular weight is 260 g/mol. The summed E-state index contributed by atoms with van der Waals surface area (Å²) in [5, 5.41) is 0. The van der Waals surface area contributed by atoms with Crippen molar-refractivity contribution in [2.45, 2.75) is 24.5 Å². The Hall–Kier alpha value is -1.61. The third kappa shape index (κ3) is 2.79. The molecule has 2 rings (SSSR count). The summed E-state index contributed by atoms with van der Waals surface area (Å²) in [6, 6.07) is 14.6. The summed E-state index contributed by atoms with van der Waals surface area (Å²) in [5.41, 5.74) is 2.93. The summed E-state index contributed by atoms with van der Waals surface area (Å²) in [6.07, 6.45) is 0. The van der Waals surface area contributed by atoms with Crippen molar-refractivity contribution in [3.05, 3.63) is 65.2 Å². The second kappa shape index (κ2) is 4.94. The summed E-state index contributed by atoms with van der Waals surface area (Å²) < 4.78 is 24.5. The maximum Gasteiger partial charge on any atom is 0.182 e. The monoisotopic (exact) mass is 260 g/mol. The maximum absolute atomic E-state index is 12.3. The van der Waals surface area contributed by atoms with Gasteiger partial charge in [0.2, 0.25) is 0 Å². The Kier molecular flexibility index (Phi) is 3.53. The molecule has 0 spiro atoms. The zero-order chi connectivity index (χ0) is 13.2. The molecule has 94 valence electrons. The molecule has 0 aliphatic carbocycles. The number of benzene rings is 2. The molecule has 0 saturated carbocycles. The van der Waals surface area contributed by atoms with E-state index >= 15 is 0 Å². The van der Waals surface area contributed by atoms with Crippen molar-refractivity contribution in [1.82, 2.24) is 0 Å². The first-order valence-corrected chi connectivity index (χ1v) is 7.48. The van der Waals surface area contributed by atoms with Gasteiger partial charge in [0.25, 0.3) is 0 Å². The summed E-state index contributed by atoms with van der Waals surface area (Å²) >= 11 is 0. The Labute approximate surface area is 108 Å². The zero-order valence-corrected chi connectivity index (χ0v) is 11.4. The van der Waals surface area contributed by atoms with Gasteiger partial charge in [-0.05, 0) is 37.1 Å². The van der Waals surface area contributed by atoms with E-state index in [-0.39, 0.29) is 5.75 Å². The van der Waals surface area contributed by atoms with Crippen LogP contribution in [-0.2, 0) is 15.6 Å². The van der Waals surface area contributed by atoms with E-state index in [9.17, 15) is 8.42 Å². The van der Waals surface area contributed by atoms with Gasteiger partial charge in [0, 0.05) is 0 Å². The highest BCUT2D eigenvalue weighted by Gasteiger charge is 2.15. The second-order valence-corrected chi connectivity index (χ2v) is 6.49. The lowest BCUT2D eigenvalue weighted by Crippen LogP contribution is -2.06. The van der Waals surface area contributed by atoms with Gasteiger partial charge in [0.1, 0.15) is 0 Å². The average Bonchev–Trinajstić information content (AvgIpc) is 2.32. The van der Waals surface area contributed by atoms with Crippen LogP contribution in [-0.4, -0.2) is 8.42 Å². The minimum atomic E-state index is -3.25. The molecular formula is C15H16O2S. The summed E-state index contributed by atoms with van der Waals surface area (Å²) in [7, 11) is -3.25. The van der Waals surface area contributed by atoms with Crippen LogP contribution in [0.4, 0.5) is 0 Å². The van der Waals surface area contributed by atoms with Crippen LogP contribution in [0.15, 0.2) is 53.4 Å². The summed E-state index contributed by atoms with van der Waals surface area (Å²) in [6.45, 7) is 3.87. The molecular weight excluding hydrogens is 244 g/mol. The SMILES string of the molecule is Cc1ccc(S(=O)(=O)Cc2ccccc2C)cc1. The van der Waals surface area contributed by atoms with Crippen molar-refractivity contribution in [3.8, 4) is 0 Å². The third-order valence-electron chi connectivity index (χ3n) is 2.99. The number of rotatable bonds is 3. The van der Waals surface area contributed by atoms with Gasteiger partial charge >= 0.3 is 0 Å². The first-order valence-electron chi connectivity index (χ1n) is 5.83. The zero-order valence-electron chi connectivity index (χ0n) is 10.6. The highest BCUT2D eigenvalue weighted by molar-refractivity contribution is 7.90. The van der Waals surface area contributed by atoms with Crippen LogP contribution in [0, 0.1) is 13.8 Å². The van der Waals surface area contributed by atoms with Gasteiger partial charge in [-0.1, -0.05) is 42.0 Å². The van der Waals surface area contributed by atoms with E-state index in [0.29, 0.717) is 4.90 Å². The van der Waals surface area contributed by atoms with Gasteiger partial charge in [-0.2, -0.15) is 0 Å². The first-order chi connectivity index (χ1) is 8.49. The Morgan fingerprint density at radius 3 is 2.11 bits per heavy atom. The van der Waals surface area contributed by atoms with Gasteiger partial charge in [-0.25, -0.2) is 8.42 Å². The molecule has 0 atom stereocenters. The number of hydrogen-bond acceptors (Lipinski definition) is 2. The molecule has 2 aromatic rings. The molecule has 0 heterocycles. The van der Waals surface area contributed by atoms with Gasteiger partial charge in [0.15, 0.2) is 9.84 Å². The Morgan fingerprint density at radius 2 is 1.50 bits per heavy atom. The lowest BCUT2D eigenvalue weighted by Gasteiger charge is -2.07. The quantitative estimate of drug-likeness (QED) is 0.848. The Morgan fingerprint density at radius 1 is 0.889 bits per heavy atom. The molecule has 0 aliphatic rings. The number of hydrogen-bond donors (Lipinski definition) is 0. The molecule has 0 N–H and O–H groups in total. The topological polar surface area (TPSA) is 34.1 Å². The summed E-state index contributed by atoms with van der Waals surface area (Å²) in [4.78, 5) is 0.386. The van der Waals surface area contributed by atoms with E-state index in [1.807, 2.05) is 50.2 Å². The molecule has 0 amide bonds. The fourth-order valence-electron chi connectivity index (χ4n) is 1.81. The fourth-order valence-corrected chi connectivity index (χ4v) is 3.26. The molecule has 2 nitrogen and oxygen atoms in total. The van der Waals surface area contributed by atoms with E-state index in [1.54, 1.807) is 12.1 Å². The molecule has 0 radical (unpaired) electrons. The van der Waals surface area contributed by atoms with Crippen molar-refractivity contribution >= 4 is 9.84 Å². The van der Waals surface area contributed by atoms with Gasteiger partial charge in [-0.3, -0.25) is 0 Å². The van der Waals surface area contributed by atoms with Crippen LogP contribution in [0.25, 0.3) is 0 Å². The highest BCUT2D eigenvalue weighted by atomic mass is 32.2. The van der Waals surface area contributed by atoms with Crippen LogP contribution in [0.5, 0.6) is 0 Å². The molecule has 0 fully saturated rings. The normalized spacial score (nSPS) is 11.4. The minimum Gasteiger partial charge on any atom is -0.223 e. The molecule has 0 saturated heterocycles. The van der Waals surface area contributed by atoms with Crippen molar-refractivity contribution in [1.29, 1.82) is 0 Å². The maximum atomic E-state index is 12.3. The van der Waals surface area contributed by atoms with Gasteiger partial charge in [0.05, 0.1) is 10.6 Å². The smallest absolute Gasteiger partial charge is 0.182 e. The van der Waals surface area contributed by atoms with Crippen molar-refractivity contribution in [2.75, 3.05) is 0 Å². The predicted octanol–water partition coefficient (Wildman–Crippen LogP) is 3.28. The van der Waals surface area contributed by atoms with E-state index in [1.165, 1.54) is 0 Å². The van der Waals surface area contributed by atoms with Crippen LogP contribution < -0.4 is 0 Å². The third-order valence-corrected chi connectivity index (χ3v) is 4.67. The first kappa shape index (κ1) is 12.8. The standard InChI is InChI=1S/C15H16O2S/c1-12-7-9-15(10-8-12)18(16,17)11-14-6-4-3-5-13(14)2/h3-10H,11H2,1-2H3. The fraction of sp³-hybridized carbons (Fsp3) is 0.200. The molecule has 18 heavy (non-hydrogen) atoms. The van der Waals surface area contributed by atoms with E-state index < -0.39 is 9.84 Å². The molecule has 0 aromatic heterocycles. The number of sulfone groups is 1. The molecule has 2 aromatic carbocycles. The Bertz CT molecular complexity index is 640. The largest absolute Gasteiger partial charge is 0.223 e. The molecule has 0 unspecified atom stereocenters. The van der Waals surface area contributed by atoms with E-state index in [4.69, 9.17) is 0 Å². The van der Waals surface area contributed by atoms with Gasteiger partial charge in [-0.15, -0.1) is 0 Å². The van der Waals surface area contributed by atoms with E-state index in [0.717, 1.165) is 16.7 Å². The molecule has 0 aliphatic heterocycles. The van der Waals surface area contributed by atoms with Crippen molar-refractivity contribution in [3.63, 3.8) is 0 Å². The predicted molar refractivity (Wildman–Crippen MR) is 73.2 cm³/mol. The van der Waals surface area contributed by atoms with E-state index in [2.05, 4.69) is 0 Å². The van der Waals surface area contributed by atoms with Crippen molar-refractivity contribution in [2.24, 2.45) is 0 Å². The number of aryl methyl sites for hydroxylation is 2. The lowest BCUT2D eigenvalue weighted by atomic mass is 10.1. The highest BCUT2D eigenvalue weighted by Crippen LogP contribution is 2.18. The van der Waals surface area contributed by atoms with Crippen LogP contribution in [0.2, 0.25) is 0 Å². The summed E-state index contributed by atoms with van der Waals surface area (Å²) in [5.74, 6) is 0.0583. The second-order valence-electron chi connectivity index (χ2n) is 4.50. The van der Waals surface area contributed by atoms with Crippen molar-refractivity contribution < 1.29 is 8.42 Å². The molecule has 3 heteroatoms. The lowest BCUT2D eigenvalue weighted by molar-refractivity contribution is 0.595. The Balaban J connectivity index is 2.33. The van der Waals surface area contributed by atoms with Gasteiger partial charge < -0.3 is 0 Å². The van der Waals surface area contributed by atoms with Crippen LogP contribution >= 0.6 is 0 Å².